The molecule has 0 aliphatic carbocycles. The summed E-state index contributed by atoms with van der Waals surface area (Å²) in [5.74, 6) is 2.68. The molecule has 28 heavy (non-hydrogen) atoms. The third-order valence-corrected chi connectivity index (χ3v) is 4.80. The zero-order chi connectivity index (χ0) is 19.2. The zero-order valence-electron chi connectivity index (χ0n) is 15.9. The number of H-pyrrole nitrogens is 1. The largest absolute Gasteiger partial charge is 0.461 e. The first kappa shape index (κ1) is 18.1. The fourth-order valence-corrected chi connectivity index (χ4v) is 3.41. The Labute approximate surface area is 164 Å². The number of furan rings is 1. The first-order chi connectivity index (χ1) is 13.8. The van der Waals surface area contributed by atoms with Crippen LogP contribution in [0.3, 0.4) is 0 Å². The second kappa shape index (κ2) is 8.60. The molecule has 0 bridgehead atoms. The Hall–Kier alpha value is -3.29. The molecule has 1 aliphatic heterocycles. The molecule has 1 unspecified atom stereocenters. The quantitative estimate of drug-likeness (QED) is 0.465. The summed E-state index contributed by atoms with van der Waals surface area (Å²) in [6.07, 6.45) is 3.88. The number of nitrogens with zero attached hydrogens (tertiary/aromatic N) is 4. The highest BCUT2D eigenvalue weighted by molar-refractivity contribution is 5.80. The summed E-state index contributed by atoms with van der Waals surface area (Å²) in [4.78, 5) is 11.2. The van der Waals surface area contributed by atoms with Crippen LogP contribution in [0, 0.1) is 0 Å². The van der Waals surface area contributed by atoms with E-state index in [-0.39, 0.29) is 0 Å². The number of guanidine groups is 1. The number of piperidine rings is 1. The number of hydrogen-bond acceptors (Lipinski definition) is 5. The molecule has 2 aromatic heterocycles. The van der Waals surface area contributed by atoms with Gasteiger partial charge in [-0.1, -0.05) is 18.2 Å². The van der Waals surface area contributed by atoms with E-state index in [9.17, 15) is 0 Å². The van der Waals surface area contributed by atoms with Crippen LogP contribution in [0.1, 0.15) is 18.7 Å². The summed E-state index contributed by atoms with van der Waals surface area (Å²) in [6, 6.07) is 14.5. The predicted molar refractivity (Wildman–Crippen MR) is 109 cm³/mol. The molecule has 1 saturated heterocycles. The van der Waals surface area contributed by atoms with E-state index in [0.29, 0.717) is 24.2 Å². The van der Waals surface area contributed by atoms with Crippen molar-refractivity contribution in [1.82, 2.24) is 25.8 Å². The molecule has 3 heterocycles. The van der Waals surface area contributed by atoms with E-state index in [4.69, 9.17) is 4.42 Å². The lowest BCUT2D eigenvalue weighted by Gasteiger charge is -2.35. The lowest BCUT2D eigenvalue weighted by Crippen LogP contribution is -2.51. The topological polar surface area (TPSA) is 94.4 Å². The molecule has 3 aromatic rings. The summed E-state index contributed by atoms with van der Waals surface area (Å²) < 4.78 is 5.32. The summed E-state index contributed by atoms with van der Waals surface area (Å²) in [6.45, 7) is 2.54. The van der Waals surface area contributed by atoms with Crippen LogP contribution in [0.5, 0.6) is 0 Å². The number of aromatic nitrogens is 3. The van der Waals surface area contributed by atoms with Crippen LogP contribution in [-0.2, 0) is 6.54 Å². The van der Waals surface area contributed by atoms with Crippen molar-refractivity contribution in [3.05, 3.63) is 54.6 Å². The normalized spacial score (nSPS) is 17.5. The molecular formula is C20H25N7O. The maximum atomic E-state index is 5.32. The van der Waals surface area contributed by atoms with Gasteiger partial charge in [-0.15, -0.1) is 5.10 Å². The lowest BCUT2D eigenvalue weighted by atomic mass is 10.1. The van der Waals surface area contributed by atoms with Gasteiger partial charge in [0, 0.05) is 31.9 Å². The fourth-order valence-electron chi connectivity index (χ4n) is 3.41. The summed E-state index contributed by atoms with van der Waals surface area (Å²) in [7, 11) is 1.78. The first-order valence-corrected chi connectivity index (χ1v) is 9.54. The van der Waals surface area contributed by atoms with Gasteiger partial charge < -0.3 is 20.0 Å². The first-order valence-electron chi connectivity index (χ1n) is 9.54. The fraction of sp³-hybridized carbons (Fsp3) is 0.350. The molecule has 3 N–H and O–H groups in total. The lowest BCUT2D eigenvalue weighted by molar-refractivity contribution is 0.467. The number of aliphatic imine (C=N–C) groups is 1. The Morgan fingerprint density at radius 2 is 2.18 bits per heavy atom. The number of aromatic amines is 1. The van der Waals surface area contributed by atoms with E-state index in [1.54, 1.807) is 13.3 Å². The Kier molecular flexibility index (Phi) is 5.56. The summed E-state index contributed by atoms with van der Waals surface area (Å²) in [5.41, 5.74) is 1.27. The van der Waals surface area contributed by atoms with E-state index >= 15 is 0 Å². The molecule has 1 aliphatic rings. The molecule has 4 rings (SSSR count). The van der Waals surface area contributed by atoms with Crippen LogP contribution >= 0.6 is 0 Å². The molecule has 1 atom stereocenters. The minimum absolute atomic E-state index is 0.341. The van der Waals surface area contributed by atoms with Gasteiger partial charge in [0.2, 0.25) is 5.82 Å². The molecule has 0 radical (unpaired) electrons. The van der Waals surface area contributed by atoms with Crippen LogP contribution in [0.15, 0.2) is 58.1 Å². The average Bonchev–Trinajstić information content (AvgIpc) is 3.44. The van der Waals surface area contributed by atoms with E-state index in [0.717, 1.165) is 37.7 Å². The number of benzene rings is 1. The van der Waals surface area contributed by atoms with Crippen LogP contribution in [-0.4, -0.2) is 47.3 Å². The summed E-state index contributed by atoms with van der Waals surface area (Å²) in [5, 5.41) is 13.9. The van der Waals surface area contributed by atoms with Crippen molar-refractivity contribution in [3.63, 3.8) is 0 Å². The second-order valence-electron chi connectivity index (χ2n) is 6.77. The SMILES string of the molecule is CN=C(NCc1nc(-c2ccco2)n[nH]1)NC1CCCN(c2ccccc2)C1. The highest BCUT2D eigenvalue weighted by Gasteiger charge is 2.21. The monoisotopic (exact) mass is 379 g/mol. The molecule has 1 aromatic carbocycles. The van der Waals surface area contributed by atoms with E-state index in [1.165, 1.54) is 5.69 Å². The maximum absolute atomic E-state index is 5.32. The highest BCUT2D eigenvalue weighted by Crippen LogP contribution is 2.19. The maximum Gasteiger partial charge on any atom is 0.216 e. The van der Waals surface area contributed by atoms with Gasteiger partial charge in [-0.2, -0.15) is 0 Å². The molecule has 146 valence electrons. The smallest absolute Gasteiger partial charge is 0.216 e. The van der Waals surface area contributed by atoms with Gasteiger partial charge in [-0.25, -0.2) is 4.98 Å². The highest BCUT2D eigenvalue weighted by atomic mass is 16.3. The van der Waals surface area contributed by atoms with Crippen LogP contribution in [0.2, 0.25) is 0 Å². The number of nitrogens with one attached hydrogen (secondary N) is 3. The van der Waals surface area contributed by atoms with Gasteiger partial charge in [0.25, 0.3) is 0 Å². The molecular weight excluding hydrogens is 354 g/mol. The Morgan fingerprint density at radius 3 is 2.96 bits per heavy atom. The van der Waals surface area contributed by atoms with Crippen molar-refractivity contribution in [3.8, 4) is 11.6 Å². The number of anilines is 1. The minimum Gasteiger partial charge on any atom is -0.461 e. The summed E-state index contributed by atoms with van der Waals surface area (Å²) >= 11 is 0. The Bertz CT molecular complexity index is 888. The van der Waals surface area contributed by atoms with Gasteiger partial charge in [-0.05, 0) is 37.1 Å². The van der Waals surface area contributed by atoms with Gasteiger partial charge in [0.1, 0.15) is 5.82 Å². The van der Waals surface area contributed by atoms with Gasteiger partial charge in [0.05, 0.1) is 12.8 Å². The second-order valence-corrected chi connectivity index (χ2v) is 6.77. The number of para-hydroxylation sites is 1. The number of rotatable bonds is 5. The van der Waals surface area contributed by atoms with E-state index in [1.807, 2.05) is 12.1 Å². The number of hydrogen-bond donors (Lipinski definition) is 3. The Balaban J connectivity index is 1.31. The van der Waals surface area contributed by atoms with E-state index < -0.39 is 0 Å². The minimum atomic E-state index is 0.341. The molecule has 0 saturated carbocycles. The molecule has 0 amide bonds. The predicted octanol–water partition coefficient (Wildman–Crippen LogP) is 2.40. The van der Waals surface area contributed by atoms with Crippen LogP contribution in [0.25, 0.3) is 11.6 Å². The van der Waals surface area contributed by atoms with Gasteiger partial charge in [-0.3, -0.25) is 10.1 Å². The van der Waals surface area contributed by atoms with Crippen molar-refractivity contribution < 1.29 is 4.42 Å². The molecule has 8 heteroatoms. The third kappa shape index (κ3) is 4.33. The average molecular weight is 379 g/mol. The standard InChI is InChI=1S/C20H25N7O/c1-21-20(22-13-18-24-19(26-25-18)17-10-6-12-28-17)23-15-7-5-11-27(14-15)16-8-3-2-4-9-16/h2-4,6,8-10,12,15H,5,7,11,13-14H2,1H3,(H2,21,22,23)(H,24,25,26). The van der Waals surface area contributed by atoms with Crippen molar-refractivity contribution >= 4 is 11.6 Å². The van der Waals surface area contributed by atoms with Crippen LogP contribution in [0.4, 0.5) is 5.69 Å². The molecule has 0 spiro atoms. The molecule has 1 fully saturated rings. The van der Waals surface area contributed by atoms with Crippen molar-refractivity contribution in [1.29, 1.82) is 0 Å². The van der Waals surface area contributed by atoms with Gasteiger partial charge >= 0.3 is 0 Å². The third-order valence-electron chi connectivity index (χ3n) is 4.80. The van der Waals surface area contributed by atoms with Crippen LogP contribution < -0.4 is 15.5 Å². The van der Waals surface area contributed by atoms with Crippen molar-refractivity contribution in [2.75, 3.05) is 25.0 Å². The van der Waals surface area contributed by atoms with Crippen molar-refractivity contribution in [2.24, 2.45) is 4.99 Å². The van der Waals surface area contributed by atoms with E-state index in [2.05, 4.69) is 66.0 Å². The van der Waals surface area contributed by atoms with Gasteiger partial charge in [0.15, 0.2) is 11.7 Å². The molecule has 8 nitrogen and oxygen atoms in total. The zero-order valence-corrected chi connectivity index (χ0v) is 15.9. The Morgan fingerprint density at radius 1 is 1.29 bits per heavy atom. The van der Waals surface area contributed by atoms with Crippen molar-refractivity contribution in [2.45, 2.75) is 25.4 Å².